The van der Waals surface area contributed by atoms with Crippen molar-refractivity contribution in [2.75, 3.05) is 5.32 Å². The number of halogens is 3. The molecule has 1 amide bonds. The number of nitrogens with one attached hydrogen (secondary N) is 1. The first-order valence-electron chi connectivity index (χ1n) is 8.46. The number of carboxylic acids is 1. The summed E-state index contributed by atoms with van der Waals surface area (Å²) in [6.45, 7) is 2.28. The van der Waals surface area contributed by atoms with E-state index in [9.17, 15) is 22.8 Å². The van der Waals surface area contributed by atoms with E-state index in [0.29, 0.717) is 23.4 Å². The van der Waals surface area contributed by atoms with Crippen LogP contribution >= 0.6 is 0 Å². The molecule has 10 heteroatoms. The minimum absolute atomic E-state index is 0.233. The Kier molecular flexibility index (Phi) is 6.96. The third-order valence-electron chi connectivity index (χ3n) is 3.90. The lowest BCUT2D eigenvalue weighted by Crippen LogP contribution is -2.21. The molecule has 4 N–H and O–H groups in total. The van der Waals surface area contributed by atoms with Crippen LogP contribution in [0.25, 0.3) is 11.0 Å². The number of carboxylic acid groups (broad SMARTS) is 1. The summed E-state index contributed by atoms with van der Waals surface area (Å²) >= 11 is 0. The fraction of sp³-hybridized carbons (Fsp3) is 0.150. The number of alkyl halides is 3. The molecule has 0 radical (unpaired) electrons. The zero-order chi connectivity index (χ0) is 22.5. The molecule has 158 valence electrons. The number of carbonyl (C=O) groups is 2. The number of fused-ring (bicyclic) bond motifs is 1. The molecule has 1 heterocycles. The Balaban J connectivity index is 0.000000396. The van der Waals surface area contributed by atoms with Crippen LogP contribution < -0.4 is 16.7 Å². The van der Waals surface area contributed by atoms with Crippen molar-refractivity contribution in [3.8, 4) is 0 Å². The maximum atomic E-state index is 12.2. The van der Waals surface area contributed by atoms with Gasteiger partial charge >= 0.3 is 17.8 Å². The molecule has 0 bridgehead atoms. The van der Waals surface area contributed by atoms with Crippen molar-refractivity contribution in [3.63, 3.8) is 0 Å². The van der Waals surface area contributed by atoms with Crippen molar-refractivity contribution in [1.82, 2.24) is 0 Å². The Morgan fingerprint density at radius 3 is 2.23 bits per heavy atom. The van der Waals surface area contributed by atoms with Gasteiger partial charge in [-0.2, -0.15) is 13.2 Å². The van der Waals surface area contributed by atoms with Crippen LogP contribution in [-0.4, -0.2) is 23.2 Å². The molecule has 0 spiro atoms. The van der Waals surface area contributed by atoms with Gasteiger partial charge in [-0.3, -0.25) is 4.79 Å². The molecular formula is C20H17F3N2O5. The quantitative estimate of drug-likeness (QED) is 0.556. The highest BCUT2D eigenvalue weighted by molar-refractivity contribution is 6.05. The number of anilines is 1. The van der Waals surface area contributed by atoms with Crippen molar-refractivity contribution in [2.24, 2.45) is 5.73 Å². The predicted octanol–water partition coefficient (Wildman–Crippen LogP) is 3.45. The molecule has 0 atom stereocenters. The largest absolute Gasteiger partial charge is 0.490 e. The maximum Gasteiger partial charge on any atom is 0.490 e. The molecule has 30 heavy (non-hydrogen) atoms. The maximum absolute atomic E-state index is 12.2. The van der Waals surface area contributed by atoms with E-state index in [4.69, 9.17) is 20.1 Å². The number of amides is 1. The average molecular weight is 422 g/mol. The van der Waals surface area contributed by atoms with Crippen molar-refractivity contribution in [1.29, 1.82) is 0 Å². The van der Waals surface area contributed by atoms with E-state index in [1.54, 1.807) is 24.3 Å². The number of aliphatic carboxylic acids is 1. The number of hydrogen-bond acceptors (Lipinski definition) is 5. The molecule has 1 aromatic heterocycles. The van der Waals surface area contributed by atoms with E-state index in [1.165, 1.54) is 6.07 Å². The average Bonchev–Trinajstić information content (AvgIpc) is 2.67. The van der Waals surface area contributed by atoms with Crippen LogP contribution in [0.15, 0.2) is 57.7 Å². The molecular weight excluding hydrogens is 405 g/mol. The van der Waals surface area contributed by atoms with E-state index < -0.39 is 17.8 Å². The van der Waals surface area contributed by atoms with Crippen molar-refractivity contribution in [3.05, 3.63) is 75.6 Å². The molecule has 0 aliphatic rings. The first-order valence-corrected chi connectivity index (χ1v) is 8.46. The van der Waals surface area contributed by atoms with Crippen LogP contribution in [0.2, 0.25) is 0 Å². The minimum atomic E-state index is -5.08. The van der Waals surface area contributed by atoms with Crippen molar-refractivity contribution < 1.29 is 32.3 Å². The van der Waals surface area contributed by atoms with Gasteiger partial charge in [0.25, 0.3) is 5.91 Å². The lowest BCUT2D eigenvalue weighted by Gasteiger charge is -2.07. The van der Waals surface area contributed by atoms with Crippen LogP contribution in [0.4, 0.5) is 18.9 Å². The number of carbonyl (C=O) groups excluding carboxylic acids is 1. The van der Waals surface area contributed by atoms with Crippen LogP contribution in [-0.2, 0) is 11.3 Å². The van der Waals surface area contributed by atoms with E-state index >= 15 is 0 Å². The Hall–Kier alpha value is -3.66. The Morgan fingerprint density at radius 2 is 1.70 bits per heavy atom. The van der Waals surface area contributed by atoms with Crippen molar-refractivity contribution in [2.45, 2.75) is 19.6 Å². The highest BCUT2D eigenvalue weighted by Gasteiger charge is 2.38. The van der Waals surface area contributed by atoms with Crippen LogP contribution in [0.5, 0.6) is 0 Å². The molecule has 0 aliphatic heterocycles. The Morgan fingerprint density at radius 1 is 1.10 bits per heavy atom. The summed E-state index contributed by atoms with van der Waals surface area (Å²) in [5.41, 5.74) is 8.49. The molecule has 0 fully saturated rings. The second kappa shape index (κ2) is 9.23. The number of rotatable bonds is 3. The fourth-order valence-electron chi connectivity index (χ4n) is 2.40. The van der Waals surface area contributed by atoms with Gasteiger partial charge in [-0.05, 0) is 42.3 Å². The predicted molar refractivity (Wildman–Crippen MR) is 103 cm³/mol. The number of hydrogen-bond donors (Lipinski definition) is 3. The first-order chi connectivity index (χ1) is 14.0. The van der Waals surface area contributed by atoms with Gasteiger partial charge in [0.2, 0.25) is 0 Å². The van der Waals surface area contributed by atoms with Gasteiger partial charge in [0, 0.05) is 35.3 Å². The van der Waals surface area contributed by atoms with E-state index in [0.717, 1.165) is 16.5 Å². The molecule has 0 aliphatic carbocycles. The van der Waals surface area contributed by atoms with Crippen LogP contribution in [0, 0.1) is 6.92 Å². The lowest BCUT2D eigenvalue weighted by atomic mass is 10.1. The summed E-state index contributed by atoms with van der Waals surface area (Å²) in [4.78, 5) is 32.6. The van der Waals surface area contributed by atoms with E-state index in [-0.39, 0.29) is 5.91 Å². The Bertz CT molecular complexity index is 1120. The van der Waals surface area contributed by atoms with Gasteiger partial charge in [-0.1, -0.05) is 12.1 Å². The standard InChI is InChI=1S/C18H16N2O3.C2HF3O2/c1-11-8-17(21)23-16-9-14(6-7-15(11)16)20-18(22)13-4-2-12(10-19)3-5-13;3-2(4,5)1(6)7/h2-9H,10,19H2,1H3,(H,20,22);(H,6,7). The summed E-state index contributed by atoms with van der Waals surface area (Å²) in [7, 11) is 0. The third kappa shape index (κ3) is 5.92. The molecule has 2 aromatic carbocycles. The minimum Gasteiger partial charge on any atom is -0.475 e. The van der Waals surface area contributed by atoms with Crippen LogP contribution in [0.1, 0.15) is 21.5 Å². The van der Waals surface area contributed by atoms with E-state index in [1.807, 2.05) is 25.1 Å². The molecule has 0 saturated heterocycles. The summed E-state index contributed by atoms with van der Waals surface area (Å²) in [6, 6.07) is 13.8. The second-order valence-electron chi connectivity index (χ2n) is 6.12. The summed E-state index contributed by atoms with van der Waals surface area (Å²) < 4.78 is 36.9. The fourth-order valence-corrected chi connectivity index (χ4v) is 2.40. The van der Waals surface area contributed by atoms with Gasteiger partial charge in [0.1, 0.15) is 5.58 Å². The number of benzene rings is 2. The highest BCUT2D eigenvalue weighted by Crippen LogP contribution is 2.21. The normalized spacial score (nSPS) is 10.8. The molecule has 0 saturated carbocycles. The van der Waals surface area contributed by atoms with Gasteiger partial charge in [0.05, 0.1) is 0 Å². The zero-order valence-electron chi connectivity index (χ0n) is 15.6. The summed E-state index contributed by atoms with van der Waals surface area (Å²) in [6.07, 6.45) is -5.08. The van der Waals surface area contributed by atoms with Gasteiger partial charge in [-0.25, -0.2) is 9.59 Å². The molecule has 3 aromatic rings. The molecule has 0 unspecified atom stereocenters. The van der Waals surface area contributed by atoms with Gasteiger partial charge in [0.15, 0.2) is 0 Å². The van der Waals surface area contributed by atoms with Gasteiger partial charge < -0.3 is 20.6 Å². The summed E-state index contributed by atoms with van der Waals surface area (Å²) in [5.74, 6) is -2.99. The summed E-state index contributed by atoms with van der Waals surface area (Å²) in [5, 5.41) is 10.8. The number of aryl methyl sites for hydroxylation is 1. The smallest absolute Gasteiger partial charge is 0.475 e. The molecule has 3 rings (SSSR count). The highest BCUT2D eigenvalue weighted by atomic mass is 19.4. The SMILES string of the molecule is Cc1cc(=O)oc2cc(NC(=O)c3ccc(CN)cc3)ccc12.O=C(O)C(F)(F)F. The topological polar surface area (TPSA) is 123 Å². The van der Waals surface area contributed by atoms with E-state index in [2.05, 4.69) is 5.32 Å². The van der Waals surface area contributed by atoms with Gasteiger partial charge in [-0.15, -0.1) is 0 Å². The second-order valence-corrected chi connectivity index (χ2v) is 6.12. The monoisotopic (exact) mass is 422 g/mol. The first kappa shape index (κ1) is 22.6. The Labute approximate surface area is 167 Å². The van der Waals surface area contributed by atoms with Crippen LogP contribution in [0.3, 0.4) is 0 Å². The molecule has 7 nitrogen and oxygen atoms in total. The van der Waals surface area contributed by atoms with Crippen molar-refractivity contribution >= 4 is 28.5 Å². The lowest BCUT2D eigenvalue weighted by molar-refractivity contribution is -0.192. The zero-order valence-corrected chi connectivity index (χ0v) is 15.6. The third-order valence-corrected chi connectivity index (χ3v) is 3.90. The number of nitrogens with two attached hydrogens (primary N) is 1.